The van der Waals surface area contributed by atoms with E-state index in [-0.39, 0.29) is 5.54 Å². The highest BCUT2D eigenvalue weighted by Crippen LogP contribution is 2.41. The lowest BCUT2D eigenvalue weighted by atomic mass is 9.71. The van der Waals surface area contributed by atoms with Gasteiger partial charge in [-0.15, -0.1) is 0 Å². The molecule has 0 saturated heterocycles. The third-order valence-electron chi connectivity index (χ3n) is 4.80. The van der Waals surface area contributed by atoms with Crippen molar-refractivity contribution < 1.29 is 0 Å². The van der Waals surface area contributed by atoms with E-state index in [1.54, 1.807) is 0 Å². The Bertz CT molecular complexity index is 602. The van der Waals surface area contributed by atoms with Crippen LogP contribution in [-0.4, -0.2) is 9.78 Å². The average Bonchev–Trinajstić information content (AvgIpc) is 2.87. The van der Waals surface area contributed by atoms with Gasteiger partial charge in [0.1, 0.15) is 0 Å². The highest BCUT2D eigenvalue weighted by molar-refractivity contribution is 5.38. The van der Waals surface area contributed by atoms with Crippen LogP contribution in [0.15, 0.2) is 36.5 Å². The van der Waals surface area contributed by atoms with E-state index < -0.39 is 0 Å². The number of hydrogen-bond donors (Lipinski definition) is 1. The van der Waals surface area contributed by atoms with Crippen LogP contribution in [0.5, 0.6) is 0 Å². The first-order valence-electron chi connectivity index (χ1n) is 7.45. The Kier molecular flexibility index (Phi) is 3.38. The molecule has 0 spiro atoms. The van der Waals surface area contributed by atoms with Crippen LogP contribution >= 0.6 is 0 Å². The van der Waals surface area contributed by atoms with E-state index in [1.165, 1.54) is 23.2 Å². The summed E-state index contributed by atoms with van der Waals surface area (Å²) in [6.07, 6.45) is 6.07. The zero-order valence-corrected chi connectivity index (χ0v) is 12.3. The number of rotatable bonds is 3. The molecule has 3 heteroatoms. The first-order valence-corrected chi connectivity index (χ1v) is 7.45. The lowest BCUT2D eigenvalue weighted by Crippen LogP contribution is -2.41. The summed E-state index contributed by atoms with van der Waals surface area (Å²) in [6, 6.07) is 10.8. The number of aryl methyl sites for hydroxylation is 2. The van der Waals surface area contributed by atoms with Gasteiger partial charge in [0, 0.05) is 24.5 Å². The predicted octanol–water partition coefficient (Wildman–Crippen LogP) is 3.10. The summed E-state index contributed by atoms with van der Waals surface area (Å²) >= 11 is 0. The second kappa shape index (κ2) is 5.06. The van der Waals surface area contributed by atoms with Crippen LogP contribution in [0, 0.1) is 0 Å². The zero-order chi connectivity index (χ0) is 14.2. The van der Waals surface area contributed by atoms with Crippen LogP contribution in [-0.2, 0) is 19.0 Å². The Hall–Kier alpha value is -1.61. The van der Waals surface area contributed by atoms with Gasteiger partial charge in [-0.3, -0.25) is 4.68 Å². The van der Waals surface area contributed by atoms with E-state index in [4.69, 9.17) is 5.73 Å². The molecule has 1 aromatic carbocycles. The number of fused-ring (bicyclic) bond motifs is 1. The van der Waals surface area contributed by atoms with Gasteiger partial charge in [0.2, 0.25) is 0 Å². The maximum Gasteiger partial charge on any atom is 0.0492 e. The van der Waals surface area contributed by atoms with Crippen molar-refractivity contribution in [3.63, 3.8) is 0 Å². The fourth-order valence-corrected chi connectivity index (χ4v) is 3.40. The van der Waals surface area contributed by atoms with Crippen molar-refractivity contribution in [2.24, 2.45) is 12.8 Å². The van der Waals surface area contributed by atoms with Gasteiger partial charge in [0.15, 0.2) is 0 Å². The molecule has 3 nitrogen and oxygen atoms in total. The number of nitrogens with two attached hydrogens (primary N) is 1. The molecule has 0 fully saturated rings. The number of hydrogen-bond acceptors (Lipinski definition) is 2. The van der Waals surface area contributed by atoms with Crippen LogP contribution in [0.25, 0.3) is 0 Å². The van der Waals surface area contributed by atoms with E-state index in [1.807, 2.05) is 17.9 Å². The molecule has 0 amide bonds. The number of nitrogens with zero attached hydrogens (tertiary/aromatic N) is 2. The first-order chi connectivity index (χ1) is 9.60. The molecule has 1 aliphatic rings. The van der Waals surface area contributed by atoms with Crippen LogP contribution in [0.2, 0.25) is 0 Å². The Morgan fingerprint density at radius 3 is 2.90 bits per heavy atom. The highest BCUT2D eigenvalue weighted by atomic mass is 15.2. The van der Waals surface area contributed by atoms with E-state index in [0.717, 1.165) is 19.3 Å². The molecule has 0 saturated carbocycles. The first kappa shape index (κ1) is 13.4. The molecule has 2 aromatic rings. The van der Waals surface area contributed by atoms with Crippen LogP contribution in [0.3, 0.4) is 0 Å². The third kappa shape index (κ3) is 2.27. The van der Waals surface area contributed by atoms with Gasteiger partial charge in [0.05, 0.1) is 0 Å². The molecule has 1 heterocycles. The minimum Gasteiger partial charge on any atom is -0.321 e. The Labute approximate surface area is 120 Å². The quantitative estimate of drug-likeness (QED) is 0.930. The summed E-state index contributed by atoms with van der Waals surface area (Å²) < 4.78 is 1.95. The van der Waals surface area contributed by atoms with Crippen molar-refractivity contribution in [3.05, 3.63) is 53.3 Å². The fourth-order valence-electron chi connectivity index (χ4n) is 3.40. The molecule has 1 aromatic heterocycles. The normalized spacial score (nSPS) is 25.4. The van der Waals surface area contributed by atoms with Crippen LogP contribution in [0.1, 0.15) is 48.9 Å². The highest BCUT2D eigenvalue weighted by Gasteiger charge is 2.34. The second-order valence-electron chi connectivity index (χ2n) is 6.13. The van der Waals surface area contributed by atoms with Gasteiger partial charge >= 0.3 is 0 Å². The molecule has 20 heavy (non-hydrogen) atoms. The van der Waals surface area contributed by atoms with Gasteiger partial charge in [-0.2, -0.15) is 5.10 Å². The largest absolute Gasteiger partial charge is 0.321 e. The maximum atomic E-state index is 6.77. The smallest absolute Gasteiger partial charge is 0.0492 e. The summed E-state index contributed by atoms with van der Waals surface area (Å²) in [5.41, 5.74) is 10.6. The molecule has 2 atom stereocenters. The molecule has 106 valence electrons. The molecule has 0 radical (unpaired) electrons. The standard InChI is InChI=1S/C17H23N3/c1-13-7-10-17(18,16-6-4-3-5-15(13)16)11-8-14-9-12-19-20(14)2/h3-6,9,12-13H,7-8,10-11,18H2,1-2H3. The molecule has 2 N–H and O–H groups in total. The number of benzene rings is 1. The predicted molar refractivity (Wildman–Crippen MR) is 81.5 cm³/mol. The summed E-state index contributed by atoms with van der Waals surface area (Å²) in [4.78, 5) is 0. The van der Waals surface area contributed by atoms with Crippen molar-refractivity contribution in [2.45, 2.75) is 44.1 Å². The average molecular weight is 269 g/mol. The summed E-state index contributed by atoms with van der Waals surface area (Å²) in [5.74, 6) is 0.625. The van der Waals surface area contributed by atoms with Gasteiger partial charge in [0.25, 0.3) is 0 Å². The van der Waals surface area contributed by atoms with E-state index in [9.17, 15) is 0 Å². The van der Waals surface area contributed by atoms with E-state index >= 15 is 0 Å². The van der Waals surface area contributed by atoms with Gasteiger partial charge in [-0.05, 0) is 48.8 Å². The monoisotopic (exact) mass is 269 g/mol. The molecule has 2 unspecified atom stereocenters. The second-order valence-corrected chi connectivity index (χ2v) is 6.13. The Balaban J connectivity index is 1.85. The number of aromatic nitrogens is 2. The third-order valence-corrected chi connectivity index (χ3v) is 4.80. The van der Waals surface area contributed by atoms with Crippen molar-refractivity contribution >= 4 is 0 Å². The molecular formula is C17H23N3. The van der Waals surface area contributed by atoms with E-state index in [0.29, 0.717) is 5.92 Å². The Morgan fingerprint density at radius 2 is 2.15 bits per heavy atom. The topological polar surface area (TPSA) is 43.8 Å². The maximum absolute atomic E-state index is 6.77. The zero-order valence-electron chi connectivity index (χ0n) is 12.3. The van der Waals surface area contributed by atoms with Gasteiger partial charge < -0.3 is 5.73 Å². The van der Waals surface area contributed by atoms with Crippen molar-refractivity contribution in [3.8, 4) is 0 Å². The molecule has 0 bridgehead atoms. The van der Waals surface area contributed by atoms with E-state index in [2.05, 4.69) is 42.4 Å². The van der Waals surface area contributed by atoms with Crippen LogP contribution in [0.4, 0.5) is 0 Å². The van der Waals surface area contributed by atoms with Crippen molar-refractivity contribution in [1.82, 2.24) is 9.78 Å². The summed E-state index contributed by atoms with van der Waals surface area (Å²) in [6.45, 7) is 2.31. The Morgan fingerprint density at radius 1 is 1.35 bits per heavy atom. The van der Waals surface area contributed by atoms with Crippen molar-refractivity contribution in [1.29, 1.82) is 0 Å². The lowest BCUT2D eigenvalue weighted by Gasteiger charge is -2.38. The molecule has 3 rings (SSSR count). The molecule has 0 aliphatic heterocycles. The lowest BCUT2D eigenvalue weighted by molar-refractivity contribution is 0.326. The fraction of sp³-hybridized carbons (Fsp3) is 0.471. The van der Waals surface area contributed by atoms with Gasteiger partial charge in [-0.1, -0.05) is 31.2 Å². The van der Waals surface area contributed by atoms with Crippen LogP contribution < -0.4 is 5.73 Å². The molecular weight excluding hydrogens is 246 g/mol. The van der Waals surface area contributed by atoms with Crippen molar-refractivity contribution in [2.75, 3.05) is 0 Å². The SMILES string of the molecule is CC1CCC(N)(CCc2ccnn2C)c2ccccc21. The minimum absolute atomic E-state index is 0.187. The molecule has 1 aliphatic carbocycles. The summed E-state index contributed by atoms with van der Waals surface area (Å²) in [7, 11) is 2.00. The minimum atomic E-state index is -0.187. The van der Waals surface area contributed by atoms with Gasteiger partial charge in [-0.25, -0.2) is 0 Å². The summed E-state index contributed by atoms with van der Waals surface area (Å²) in [5, 5.41) is 4.24.